The minimum Gasteiger partial charge on any atom is -0.493 e. The van der Waals surface area contributed by atoms with Crippen molar-refractivity contribution >= 4 is 46.3 Å². The number of thioether (sulfide) groups is 1. The second-order valence-corrected chi connectivity index (χ2v) is 8.97. The van der Waals surface area contributed by atoms with Crippen LogP contribution < -0.4 is 14.4 Å². The van der Waals surface area contributed by atoms with Gasteiger partial charge in [-0.3, -0.25) is 9.69 Å². The molecular formula is C25H27N3O6S. The van der Waals surface area contributed by atoms with Crippen LogP contribution >= 0.6 is 11.8 Å². The van der Waals surface area contributed by atoms with E-state index >= 15 is 0 Å². The Bertz CT molecular complexity index is 1160. The number of morpholine rings is 1. The van der Waals surface area contributed by atoms with Crippen molar-refractivity contribution in [3.8, 4) is 11.5 Å². The molecule has 1 N–H and O–H groups in total. The van der Waals surface area contributed by atoms with E-state index in [0.717, 1.165) is 37.7 Å². The molecule has 2 heterocycles. The van der Waals surface area contributed by atoms with Gasteiger partial charge in [0.05, 0.1) is 30.9 Å². The van der Waals surface area contributed by atoms with Crippen LogP contribution in [0, 0.1) is 0 Å². The summed E-state index contributed by atoms with van der Waals surface area (Å²) >= 11 is 1.24. The highest BCUT2D eigenvalue weighted by molar-refractivity contribution is 8.18. The van der Waals surface area contributed by atoms with Crippen molar-refractivity contribution in [3.63, 3.8) is 0 Å². The highest BCUT2D eigenvalue weighted by Gasteiger charge is 2.31. The lowest BCUT2D eigenvalue weighted by Crippen LogP contribution is -2.36. The van der Waals surface area contributed by atoms with E-state index in [1.165, 1.54) is 30.7 Å². The summed E-state index contributed by atoms with van der Waals surface area (Å²) in [7, 11) is 3.15. The lowest BCUT2D eigenvalue weighted by molar-refractivity contribution is -0.144. The normalized spacial score (nSPS) is 19.3. The summed E-state index contributed by atoms with van der Waals surface area (Å²) in [5.41, 5.74) is 2.39. The molecule has 0 radical (unpaired) electrons. The summed E-state index contributed by atoms with van der Waals surface area (Å²) in [4.78, 5) is 33.1. The molecule has 2 aliphatic heterocycles. The quantitative estimate of drug-likeness (QED) is 0.579. The van der Waals surface area contributed by atoms with E-state index in [9.17, 15) is 14.7 Å². The minimum atomic E-state index is -1.10. The molecule has 35 heavy (non-hydrogen) atoms. The molecule has 0 aliphatic carbocycles. The molecule has 1 atom stereocenters. The second-order valence-electron chi connectivity index (χ2n) is 7.96. The smallest absolute Gasteiger partial charge is 0.344 e. The van der Waals surface area contributed by atoms with Crippen LogP contribution in [0.3, 0.4) is 0 Å². The van der Waals surface area contributed by atoms with Gasteiger partial charge >= 0.3 is 5.97 Å². The molecule has 4 rings (SSSR count). The molecular weight excluding hydrogens is 470 g/mol. The van der Waals surface area contributed by atoms with Crippen LogP contribution in [0.2, 0.25) is 0 Å². The molecule has 9 nitrogen and oxygen atoms in total. The van der Waals surface area contributed by atoms with Gasteiger partial charge in [-0.25, -0.2) is 9.79 Å². The monoisotopic (exact) mass is 497 g/mol. The van der Waals surface area contributed by atoms with Gasteiger partial charge in [-0.2, -0.15) is 0 Å². The summed E-state index contributed by atoms with van der Waals surface area (Å²) in [6.07, 6.45) is 0.579. The maximum atomic E-state index is 12.9. The van der Waals surface area contributed by atoms with Crippen molar-refractivity contribution in [1.82, 2.24) is 4.90 Å². The number of carboxylic acid groups (broad SMARTS) is 1. The van der Waals surface area contributed by atoms with Crippen LogP contribution in [0.5, 0.6) is 11.5 Å². The van der Waals surface area contributed by atoms with Crippen LogP contribution in [0.15, 0.2) is 52.4 Å². The molecule has 184 valence electrons. The van der Waals surface area contributed by atoms with Gasteiger partial charge < -0.3 is 24.2 Å². The van der Waals surface area contributed by atoms with Crippen molar-refractivity contribution in [2.24, 2.45) is 4.99 Å². The molecule has 2 aromatic rings. The molecule has 2 aromatic carbocycles. The lowest BCUT2D eigenvalue weighted by Gasteiger charge is -2.28. The first-order valence-electron chi connectivity index (χ1n) is 11.1. The van der Waals surface area contributed by atoms with Crippen LogP contribution in [0.1, 0.15) is 12.5 Å². The number of nitrogens with zero attached hydrogens (tertiary/aromatic N) is 3. The zero-order valence-corrected chi connectivity index (χ0v) is 20.6. The molecule has 2 fully saturated rings. The zero-order chi connectivity index (χ0) is 24.9. The maximum Gasteiger partial charge on any atom is 0.344 e. The number of carbonyl (C=O) groups excluding carboxylic acids is 1. The third kappa shape index (κ3) is 5.60. The van der Waals surface area contributed by atoms with Gasteiger partial charge in [0, 0.05) is 31.4 Å². The topological polar surface area (TPSA) is 101 Å². The fraction of sp³-hybridized carbons (Fsp3) is 0.320. The zero-order valence-electron chi connectivity index (χ0n) is 19.8. The van der Waals surface area contributed by atoms with Crippen molar-refractivity contribution < 1.29 is 28.9 Å². The molecule has 0 bridgehead atoms. The van der Waals surface area contributed by atoms with E-state index in [2.05, 4.69) is 9.89 Å². The maximum absolute atomic E-state index is 12.9. The number of methoxy groups -OCH3 is 1. The molecule has 1 amide bonds. The summed E-state index contributed by atoms with van der Waals surface area (Å²) in [6, 6.07) is 13.1. The molecule has 0 saturated carbocycles. The SMILES string of the molecule is COc1cccc(/C=C2\SC(=Nc3ccc(N4CCOCC4)cc3)N(C)C2=O)c1O[C@H](C)C(=O)O. The van der Waals surface area contributed by atoms with Crippen molar-refractivity contribution in [2.45, 2.75) is 13.0 Å². The number of likely N-dealkylation sites (N-methyl/N-ethyl adjacent to an activating group) is 1. The molecule has 0 spiro atoms. The largest absolute Gasteiger partial charge is 0.493 e. The fourth-order valence-corrected chi connectivity index (χ4v) is 4.60. The van der Waals surface area contributed by atoms with Gasteiger partial charge in [0.15, 0.2) is 22.8 Å². The van der Waals surface area contributed by atoms with Crippen molar-refractivity contribution in [3.05, 3.63) is 52.9 Å². The second kappa shape index (κ2) is 10.8. The molecule has 0 unspecified atom stereocenters. The third-order valence-corrected chi connectivity index (χ3v) is 6.67. The van der Waals surface area contributed by atoms with Gasteiger partial charge in [0.1, 0.15) is 0 Å². The van der Waals surface area contributed by atoms with Crippen LogP contribution in [-0.2, 0) is 14.3 Å². The molecule has 0 aromatic heterocycles. The highest BCUT2D eigenvalue weighted by atomic mass is 32.2. The van der Waals surface area contributed by atoms with Crippen LogP contribution in [0.4, 0.5) is 11.4 Å². The van der Waals surface area contributed by atoms with Crippen molar-refractivity contribution in [2.75, 3.05) is 45.4 Å². The molecule has 10 heteroatoms. The Morgan fingerprint density at radius 1 is 1.20 bits per heavy atom. The summed E-state index contributed by atoms with van der Waals surface area (Å²) < 4.78 is 16.4. The number of amidine groups is 1. The van der Waals surface area contributed by atoms with Crippen molar-refractivity contribution in [1.29, 1.82) is 0 Å². The third-order valence-electron chi connectivity index (χ3n) is 5.61. The Balaban J connectivity index is 1.57. The van der Waals surface area contributed by atoms with Gasteiger partial charge in [-0.05, 0) is 55.1 Å². The Kier molecular flexibility index (Phi) is 7.62. The predicted molar refractivity (Wildman–Crippen MR) is 136 cm³/mol. The summed E-state index contributed by atoms with van der Waals surface area (Å²) in [6.45, 7) is 4.59. The number of carboxylic acids is 1. The summed E-state index contributed by atoms with van der Waals surface area (Å²) in [5.74, 6) is -0.670. The summed E-state index contributed by atoms with van der Waals surface area (Å²) in [5, 5.41) is 9.80. The lowest BCUT2D eigenvalue weighted by atomic mass is 10.1. The number of rotatable bonds is 7. The van der Waals surface area contributed by atoms with Gasteiger partial charge in [0.2, 0.25) is 0 Å². The fourth-order valence-electron chi connectivity index (χ4n) is 3.62. The first-order valence-corrected chi connectivity index (χ1v) is 11.9. The predicted octanol–water partition coefficient (Wildman–Crippen LogP) is 3.62. The Morgan fingerprint density at radius 3 is 2.57 bits per heavy atom. The van der Waals surface area contributed by atoms with E-state index in [1.807, 2.05) is 24.3 Å². The number of anilines is 1. The Morgan fingerprint density at radius 2 is 1.91 bits per heavy atom. The Labute approximate surface area is 208 Å². The molecule has 2 saturated heterocycles. The number of para-hydroxylation sites is 1. The van der Waals surface area contributed by atoms with Gasteiger partial charge in [0.25, 0.3) is 5.91 Å². The number of aliphatic carboxylic acids is 1. The number of hydrogen-bond donors (Lipinski definition) is 1. The average Bonchev–Trinajstić information content (AvgIpc) is 3.13. The number of aliphatic imine (C=N–C) groups is 1. The van der Waals surface area contributed by atoms with Crippen LogP contribution in [0.25, 0.3) is 6.08 Å². The number of hydrogen-bond acceptors (Lipinski definition) is 8. The van der Waals surface area contributed by atoms with E-state index in [0.29, 0.717) is 21.4 Å². The van der Waals surface area contributed by atoms with E-state index in [4.69, 9.17) is 14.2 Å². The average molecular weight is 498 g/mol. The standard InChI is InChI=1S/C25H27N3O6S/c1-16(24(30)31)34-22-17(5-4-6-20(22)32-3)15-21-23(29)27(2)25(35-21)26-18-7-9-19(10-8-18)28-11-13-33-14-12-28/h4-10,15-16H,11-14H2,1-3H3,(H,30,31)/b21-15-,26-25?/t16-/m1/s1. The van der Waals surface area contributed by atoms with E-state index < -0.39 is 12.1 Å². The minimum absolute atomic E-state index is 0.210. The Hall–Kier alpha value is -3.50. The molecule has 2 aliphatic rings. The number of benzene rings is 2. The number of carbonyl (C=O) groups is 2. The van der Waals surface area contributed by atoms with Gasteiger partial charge in [-0.1, -0.05) is 12.1 Å². The number of ether oxygens (including phenoxy) is 3. The van der Waals surface area contributed by atoms with E-state index in [1.54, 1.807) is 31.3 Å². The number of amides is 1. The highest BCUT2D eigenvalue weighted by Crippen LogP contribution is 2.38. The van der Waals surface area contributed by atoms with Crippen LogP contribution in [-0.4, -0.2) is 73.6 Å². The first-order chi connectivity index (χ1) is 16.9. The first kappa shape index (κ1) is 24.6. The van der Waals surface area contributed by atoms with E-state index in [-0.39, 0.29) is 11.7 Å². The van der Waals surface area contributed by atoms with Gasteiger partial charge in [-0.15, -0.1) is 0 Å².